The molecule has 1 aliphatic rings. The van der Waals surface area contributed by atoms with Crippen molar-refractivity contribution in [2.75, 3.05) is 36.5 Å². The Balaban J connectivity index is 1.48. The van der Waals surface area contributed by atoms with E-state index < -0.39 is 5.82 Å². The second-order valence-electron chi connectivity index (χ2n) is 8.17. The third-order valence-electron chi connectivity index (χ3n) is 5.63. The molecule has 1 saturated heterocycles. The van der Waals surface area contributed by atoms with Gasteiger partial charge in [-0.25, -0.2) is 14.1 Å². The summed E-state index contributed by atoms with van der Waals surface area (Å²) in [4.78, 5) is 19.9. The van der Waals surface area contributed by atoms with Crippen LogP contribution in [0, 0.1) is 5.82 Å². The second-order valence-corrected chi connectivity index (χ2v) is 8.17. The molecule has 0 spiro atoms. The van der Waals surface area contributed by atoms with Crippen molar-refractivity contribution in [1.29, 1.82) is 0 Å². The number of pyridine rings is 1. The Hall–Kier alpha value is -3.72. The van der Waals surface area contributed by atoms with Gasteiger partial charge in [0.25, 0.3) is 5.91 Å². The number of aromatic nitrogens is 3. The lowest BCUT2D eigenvalue weighted by atomic mass is 10.1. The van der Waals surface area contributed by atoms with Crippen molar-refractivity contribution in [1.82, 2.24) is 14.8 Å². The van der Waals surface area contributed by atoms with E-state index in [0.29, 0.717) is 65.7 Å². The Morgan fingerprint density at radius 3 is 2.70 bits per heavy atom. The van der Waals surface area contributed by atoms with Gasteiger partial charge in [-0.1, -0.05) is 0 Å². The molecule has 3 aromatic heterocycles. The Labute approximate surface area is 190 Å². The third kappa shape index (κ3) is 4.07. The maximum absolute atomic E-state index is 14.8. The average molecular weight is 449 g/mol. The molecule has 1 amide bonds. The molecule has 0 unspecified atom stereocenters. The highest BCUT2D eigenvalue weighted by Gasteiger charge is 2.21. The zero-order valence-corrected chi connectivity index (χ0v) is 18.4. The first-order valence-corrected chi connectivity index (χ1v) is 10.9. The smallest absolute Gasteiger partial charge is 0.256 e. The zero-order chi connectivity index (χ0) is 22.9. The number of carbonyl (C=O) groups is 1. The van der Waals surface area contributed by atoms with Crippen LogP contribution >= 0.6 is 0 Å². The van der Waals surface area contributed by atoms with E-state index in [0.717, 1.165) is 0 Å². The van der Waals surface area contributed by atoms with Gasteiger partial charge in [-0.15, -0.1) is 0 Å². The Morgan fingerprint density at radius 1 is 1.18 bits per heavy atom. The van der Waals surface area contributed by atoms with E-state index in [1.165, 1.54) is 6.07 Å². The molecule has 1 aromatic carbocycles. The number of anilines is 2. The number of hydrogen-bond donors (Lipinski definition) is 1. The number of carbonyl (C=O) groups excluding carboxylic acids is 1. The molecule has 1 N–H and O–H groups in total. The number of morpholine rings is 1. The largest absolute Gasteiger partial charge is 0.463 e. The molecule has 9 heteroatoms. The summed E-state index contributed by atoms with van der Waals surface area (Å²) in [5, 5.41) is 7.84. The van der Waals surface area contributed by atoms with E-state index in [1.807, 2.05) is 18.7 Å². The predicted octanol–water partition coefficient (Wildman–Crippen LogP) is 4.50. The molecule has 8 nitrogen and oxygen atoms in total. The van der Waals surface area contributed by atoms with Crippen molar-refractivity contribution >= 4 is 28.3 Å². The van der Waals surface area contributed by atoms with Crippen LogP contribution in [-0.2, 0) is 4.74 Å². The van der Waals surface area contributed by atoms with Crippen molar-refractivity contribution in [3.8, 4) is 11.5 Å². The fourth-order valence-corrected chi connectivity index (χ4v) is 3.98. The molecule has 1 aliphatic heterocycles. The first-order chi connectivity index (χ1) is 16.0. The molecule has 0 bridgehead atoms. The van der Waals surface area contributed by atoms with E-state index in [4.69, 9.17) is 9.15 Å². The lowest BCUT2D eigenvalue weighted by molar-refractivity contribution is 0.102. The standard InChI is InChI=1S/C24H24FN5O3/c1-15(2)30-23-18(14-26-30)17(13-20(28-23)22-4-3-9-33-22)24(31)27-16-5-6-21(19(25)12-16)29-7-10-32-11-8-29/h3-6,9,12-15H,7-8,10-11H2,1-2H3,(H,27,31). The third-order valence-corrected chi connectivity index (χ3v) is 5.63. The summed E-state index contributed by atoms with van der Waals surface area (Å²) in [6.45, 7) is 6.38. The van der Waals surface area contributed by atoms with Crippen molar-refractivity contribution in [2.45, 2.75) is 19.9 Å². The Morgan fingerprint density at radius 2 is 2.00 bits per heavy atom. The molecule has 5 rings (SSSR count). The maximum Gasteiger partial charge on any atom is 0.256 e. The fourth-order valence-electron chi connectivity index (χ4n) is 3.98. The summed E-state index contributed by atoms with van der Waals surface area (Å²) in [5.74, 6) is -0.223. The maximum atomic E-state index is 14.8. The van der Waals surface area contributed by atoms with E-state index in [1.54, 1.807) is 47.5 Å². The van der Waals surface area contributed by atoms with E-state index in [2.05, 4.69) is 15.4 Å². The molecule has 0 radical (unpaired) electrons. The summed E-state index contributed by atoms with van der Waals surface area (Å²) in [6, 6.07) is 10.00. The summed E-state index contributed by atoms with van der Waals surface area (Å²) >= 11 is 0. The molecule has 0 aliphatic carbocycles. The molecule has 1 fully saturated rings. The highest BCUT2D eigenvalue weighted by atomic mass is 19.1. The number of rotatable bonds is 5. The van der Waals surface area contributed by atoms with Gasteiger partial charge < -0.3 is 19.4 Å². The number of hydrogen-bond acceptors (Lipinski definition) is 6. The monoisotopic (exact) mass is 449 g/mol. The molecular formula is C24H24FN5O3. The van der Waals surface area contributed by atoms with Gasteiger partial charge in [-0.2, -0.15) is 5.10 Å². The van der Waals surface area contributed by atoms with Gasteiger partial charge in [0.15, 0.2) is 11.4 Å². The number of fused-ring (bicyclic) bond motifs is 1. The van der Waals surface area contributed by atoms with Gasteiger partial charge in [-0.05, 0) is 50.2 Å². The number of benzene rings is 1. The van der Waals surface area contributed by atoms with Crippen LogP contribution in [-0.4, -0.2) is 47.0 Å². The van der Waals surface area contributed by atoms with Gasteiger partial charge in [0.1, 0.15) is 11.5 Å². The molecular weight excluding hydrogens is 425 g/mol. The highest BCUT2D eigenvalue weighted by Crippen LogP contribution is 2.28. The van der Waals surface area contributed by atoms with E-state index >= 15 is 0 Å². The minimum absolute atomic E-state index is 0.0552. The van der Waals surface area contributed by atoms with Gasteiger partial charge in [0.05, 0.1) is 42.3 Å². The molecule has 170 valence electrons. The van der Waals surface area contributed by atoms with Crippen molar-refractivity contribution in [3.63, 3.8) is 0 Å². The van der Waals surface area contributed by atoms with Crippen molar-refractivity contribution in [2.24, 2.45) is 0 Å². The summed E-state index contributed by atoms with van der Waals surface area (Å²) in [5.41, 5.74) is 2.36. The Bertz CT molecular complexity index is 1290. The topological polar surface area (TPSA) is 85.4 Å². The van der Waals surface area contributed by atoms with Crippen molar-refractivity contribution < 1.29 is 18.3 Å². The van der Waals surface area contributed by atoms with Crippen LogP contribution < -0.4 is 10.2 Å². The number of halogens is 1. The van der Waals surface area contributed by atoms with Crippen LogP contribution in [0.4, 0.5) is 15.8 Å². The lowest BCUT2D eigenvalue weighted by Gasteiger charge is -2.29. The van der Waals surface area contributed by atoms with Crippen LogP contribution in [0.1, 0.15) is 30.2 Å². The SMILES string of the molecule is CC(C)n1ncc2c(C(=O)Nc3ccc(N4CCOCC4)c(F)c3)cc(-c3ccco3)nc21. The summed E-state index contributed by atoms with van der Waals surface area (Å²) < 4.78 is 27.4. The predicted molar refractivity (Wildman–Crippen MR) is 123 cm³/mol. The summed E-state index contributed by atoms with van der Waals surface area (Å²) in [6.07, 6.45) is 3.19. The van der Waals surface area contributed by atoms with Crippen LogP contribution in [0.2, 0.25) is 0 Å². The Kier molecular flexibility index (Phi) is 5.55. The average Bonchev–Trinajstić information content (AvgIpc) is 3.49. The molecule has 4 aromatic rings. The van der Waals surface area contributed by atoms with Crippen molar-refractivity contribution in [3.05, 3.63) is 60.2 Å². The molecule has 33 heavy (non-hydrogen) atoms. The molecule has 0 saturated carbocycles. The van der Waals surface area contributed by atoms with Crippen LogP contribution in [0.15, 0.2) is 53.3 Å². The normalized spacial score (nSPS) is 14.2. The molecule has 4 heterocycles. The highest BCUT2D eigenvalue weighted by molar-refractivity contribution is 6.12. The van der Waals surface area contributed by atoms with Gasteiger partial charge in [-0.3, -0.25) is 4.79 Å². The quantitative estimate of drug-likeness (QED) is 0.483. The fraction of sp³-hybridized carbons (Fsp3) is 0.292. The molecule has 0 atom stereocenters. The van der Waals surface area contributed by atoms with Crippen LogP contribution in [0.25, 0.3) is 22.5 Å². The first kappa shape index (κ1) is 21.1. The lowest BCUT2D eigenvalue weighted by Crippen LogP contribution is -2.36. The van der Waals surface area contributed by atoms with E-state index in [-0.39, 0.29) is 11.9 Å². The van der Waals surface area contributed by atoms with Gasteiger partial charge in [0, 0.05) is 24.8 Å². The number of furan rings is 1. The number of amides is 1. The zero-order valence-electron chi connectivity index (χ0n) is 18.4. The van der Waals surface area contributed by atoms with Crippen LogP contribution in [0.3, 0.4) is 0 Å². The number of nitrogens with zero attached hydrogens (tertiary/aromatic N) is 4. The summed E-state index contributed by atoms with van der Waals surface area (Å²) in [7, 11) is 0. The number of ether oxygens (including phenoxy) is 1. The number of nitrogens with one attached hydrogen (secondary N) is 1. The van der Waals surface area contributed by atoms with Gasteiger partial charge >= 0.3 is 0 Å². The first-order valence-electron chi connectivity index (χ1n) is 10.9. The second kappa shape index (κ2) is 8.67. The van der Waals surface area contributed by atoms with Crippen LogP contribution in [0.5, 0.6) is 0 Å². The minimum Gasteiger partial charge on any atom is -0.463 e. The van der Waals surface area contributed by atoms with E-state index in [9.17, 15) is 9.18 Å². The van der Waals surface area contributed by atoms with Gasteiger partial charge in [0.2, 0.25) is 0 Å². The minimum atomic E-state index is -0.390.